The molecule has 150 valence electrons. The molecule has 0 radical (unpaired) electrons. The van der Waals surface area contributed by atoms with E-state index in [9.17, 15) is 14.4 Å². The van der Waals surface area contributed by atoms with Crippen LogP contribution in [0.25, 0.3) is 0 Å². The van der Waals surface area contributed by atoms with E-state index in [1.807, 2.05) is 51.9 Å². The second kappa shape index (κ2) is 6.87. The molecular formula is C23H25N3O3. The minimum Gasteiger partial charge on any atom is -0.341 e. The molecule has 5 rings (SSSR count). The molecule has 1 aromatic heterocycles. The van der Waals surface area contributed by atoms with E-state index in [1.54, 1.807) is 18.0 Å². The van der Waals surface area contributed by atoms with Gasteiger partial charge in [0, 0.05) is 50.8 Å². The molecule has 6 heteroatoms. The quantitative estimate of drug-likeness (QED) is 0.787. The van der Waals surface area contributed by atoms with Gasteiger partial charge in [-0.2, -0.15) is 0 Å². The highest BCUT2D eigenvalue weighted by Gasteiger charge is 2.46. The average molecular weight is 391 g/mol. The Hall–Kier alpha value is -2.89. The molecule has 2 bridgehead atoms. The van der Waals surface area contributed by atoms with Crippen LogP contribution in [-0.2, 0) is 16.1 Å². The average Bonchev–Trinajstić information content (AvgIpc) is 3.03. The van der Waals surface area contributed by atoms with Crippen LogP contribution >= 0.6 is 0 Å². The first-order valence-electron chi connectivity index (χ1n) is 10.3. The van der Waals surface area contributed by atoms with Gasteiger partial charge in [0.25, 0.3) is 5.56 Å². The predicted molar refractivity (Wildman–Crippen MR) is 108 cm³/mol. The zero-order valence-corrected chi connectivity index (χ0v) is 16.5. The van der Waals surface area contributed by atoms with Gasteiger partial charge in [0.05, 0.1) is 12.0 Å². The molecule has 2 fully saturated rings. The predicted octanol–water partition coefficient (Wildman–Crippen LogP) is 2.01. The van der Waals surface area contributed by atoms with E-state index in [0.29, 0.717) is 19.6 Å². The molecule has 2 amide bonds. The minimum absolute atomic E-state index is 0.0197. The van der Waals surface area contributed by atoms with Gasteiger partial charge in [-0.25, -0.2) is 0 Å². The Bertz CT molecular complexity index is 1020. The van der Waals surface area contributed by atoms with Crippen molar-refractivity contribution in [3.63, 3.8) is 0 Å². The summed E-state index contributed by atoms with van der Waals surface area (Å²) in [5.41, 5.74) is 2.09. The molecule has 4 atom stereocenters. The van der Waals surface area contributed by atoms with E-state index in [1.165, 1.54) is 0 Å². The Morgan fingerprint density at radius 3 is 2.55 bits per heavy atom. The molecule has 2 saturated heterocycles. The number of hydrogen-bond donors (Lipinski definition) is 0. The monoisotopic (exact) mass is 391 g/mol. The van der Waals surface area contributed by atoms with Crippen molar-refractivity contribution in [2.45, 2.75) is 31.3 Å². The Balaban J connectivity index is 1.42. The third kappa shape index (κ3) is 2.98. The summed E-state index contributed by atoms with van der Waals surface area (Å²) in [6.45, 7) is 1.95. The minimum atomic E-state index is -0.355. The number of hydrogen-bond acceptors (Lipinski definition) is 3. The summed E-state index contributed by atoms with van der Waals surface area (Å²) >= 11 is 0. The molecule has 0 saturated carbocycles. The van der Waals surface area contributed by atoms with Crippen molar-refractivity contribution in [3.8, 4) is 0 Å². The molecule has 1 aromatic carbocycles. The van der Waals surface area contributed by atoms with E-state index >= 15 is 0 Å². The molecule has 0 spiro atoms. The Morgan fingerprint density at radius 1 is 0.966 bits per heavy atom. The highest BCUT2D eigenvalue weighted by molar-refractivity contribution is 5.90. The Morgan fingerprint density at radius 2 is 1.76 bits per heavy atom. The second-order valence-corrected chi connectivity index (χ2v) is 8.61. The van der Waals surface area contributed by atoms with Crippen molar-refractivity contribution in [2.75, 3.05) is 20.1 Å². The second-order valence-electron chi connectivity index (χ2n) is 8.61. The molecule has 3 aliphatic heterocycles. The van der Waals surface area contributed by atoms with Crippen LogP contribution in [0.1, 0.15) is 36.1 Å². The largest absolute Gasteiger partial charge is 0.341 e. The van der Waals surface area contributed by atoms with E-state index in [4.69, 9.17) is 0 Å². The molecule has 6 nitrogen and oxygen atoms in total. The number of nitrogens with zero attached hydrogens (tertiary/aromatic N) is 3. The van der Waals surface area contributed by atoms with E-state index in [0.717, 1.165) is 17.7 Å². The van der Waals surface area contributed by atoms with Crippen molar-refractivity contribution in [3.05, 3.63) is 70.1 Å². The molecule has 0 aliphatic carbocycles. The molecule has 2 aromatic rings. The number of piperidine rings is 1. The van der Waals surface area contributed by atoms with Crippen LogP contribution in [0.5, 0.6) is 0 Å². The maximum absolute atomic E-state index is 13.6. The van der Waals surface area contributed by atoms with Gasteiger partial charge in [-0.15, -0.1) is 0 Å². The van der Waals surface area contributed by atoms with E-state index in [-0.39, 0.29) is 47.6 Å². The SMILES string of the molecule is CN1C(=O)C[C@H](C(=O)N2C[C@@H]3C[C@H](C2)c2cccc(=O)n2C3)[C@H]1c1ccccc1. The first kappa shape index (κ1) is 18.2. The van der Waals surface area contributed by atoms with E-state index < -0.39 is 0 Å². The lowest BCUT2D eigenvalue weighted by atomic mass is 9.82. The smallest absolute Gasteiger partial charge is 0.250 e. The van der Waals surface area contributed by atoms with Gasteiger partial charge in [0.2, 0.25) is 11.8 Å². The topological polar surface area (TPSA) is 62.6 Å². The van der Waals surface area contributed by atoms with Crippen LogP contribution < -0.4 is 5.56 Å². The lowest BCUT2D eigenvalue weighted by Gasteiger charge is -2.43. The van der Waals surface area contributed by atoms with Gasteiger partial charge in [0.15, 0.2) is 0 Å². The van der Waals surface area contributed by atoms with Crippen molar-refractivity contribution in [1.82, 2.24) is 14.4 Å². The lowest BCUT2D eigenvalue weighted by Crippen LogP contribution is -2.51. The number of fused-ring (bicyclic) bond motifs is 4. The Labute approximate surface area is 169 Å². The van der Waals surface area contributed by atoms with Crippen LogP contribution in [0.2, 0.25) is 0 Å². The molecule has 29 heavy (non-hydrogen) atoms. The summed E-state index contributed by atoms with van der Waals surface area (Å²) in [5.74, 6) is 0.205. The van der Waals surface area contributed by atoms with Crippen LogP contribution in [-0.4, -0.2) is 46.3 Å². The summed E-state index contributed by atoms with van der Waals surface area (Å²) in [4.78, 5) is 41.9. The first-order chi connectivity index (χ1) is 14.0. The highest BCUT2D eigenvalue weighted by Crippen LogP contribution is 2.41. The van der Waals surface area contributed by atoms with Gasteiger partial charge in [0.1, 0.15) is 0 Å². The van der Waals surface area contributed by atoms with Gasteiger partial charge < -0.3 is 14.4 Å². The highest BCUT2D eigenvalue weighted by atomic mass is 16.2. The summed E-state index contributed by atoms with van der Waals surface area (Å²) in [5, 5.41) is 0. The zero-order chi connectivity index (χ0) is 20.1. The number of likely N-dealkylation sites (tertiary alicyclic amines) is 2. The fraction of sp³-hybridized carbons (Fsp3) is 0.435. The zero-order valence-electron chi connectivity index (χ0n) is 16.5. The summed E-state index contributed by atoms with van der Waals surface area (Å²) in [7, 11) is 1.79. The third-order valence-corrected chi connectivity index (χ3v) is 6.84. The van der Waals surface area contributed by atoms with E-state index in [2.05, 4.69) is 0 Å². The van der Waals surface area contributed by atoms with Crippen molar-refractivity contribution in [2.24, 2.45) is 11.8 Å². The molecule has 0 N–H and O–H groups in total. The van der Waals surface area contributed by atoms with Crippen molar-refractivity contribution < 1.29 is 9.59 Å². The lowest BCUT2D eigenvalue weighted by molar-refractivity contribution is -0.139. The molecular weight excluding hydrogens is 366 g/mol. The van der Waals surface area contributed by atoms with Crippen LogP contribution in [0.4, 0.5) is 0 Å². The summed E-state index contributed by atoms with van der Waals surface area (Å²) in [6, 6.07) is 15.1. The maximum Gasteiger partial charge on any atom is 0.250 e. The fourth-order valence-corrected chi connectivity index (χ4v) is 5.51. The molecule has 3 aliphatic rings. The number of aromatic nitrogens is 1. The summed E-state index contributed by atoms with van der Waals surface area (Å²) < 4.78 is 1.88. The number of pyridine rings is 1. The van der Waals surface area contributed by atoms with Gasteiger partial charge in [-0.05, 0) is 24.0 Å². The first-order valence-corrected chi connectivity index (χ1v) is 10.3. The number of benzene rings is 1. The van der Waals surface area contributed by atoms with Crippen molar-refractivity contribution >= 4 is 11.8 Å². The normalized spacial score (nSPS) is 28.4. The van der Waals surface area contributed by atoms with Crippen molar-refractivity contribution in [1.29, 1.82) is 0 Å². The number of carbonyl (C=O) groups excluding carboxylic acids is 2. The standard InChI is InChI=1S/C23H25N3O3/c1-24-21(28)11-18(22(24)16-6-3-2-4-7-16)23(29)25-12-15-10-17(14-25)19-8-5-9-20(27)26(19)13-15/h2-9,15,17-18,22H,10-14H2,1H3/t15-,17+,18-,22+/m0/s1. The fourth-order valence-electron chi connectivity index (χ4n) is 5.51. The van der Waals surface area contributed by atoms with Crippen LogP contribution in [0.3, 0.4) is 0 Å². The summed E-state index contributed by atoms with van der Waals surface area (Å²) in [6.07, 6.45) is 1.27. The van der Waals surface area contributed by atoms with Gasteiger partial charge in [-0.3, -0.25) is 14.4 Å². The van der Waals surface area contributed by atoms with Crippen LogP contribution in [0.15, 0.2) is 53.3 Å². The van der Waals surface area contributed by atoms with Gasteiger partial charge in [-0.1, -0.05) is 36.4 Å². The number of rotatable bonds is 2. The molecule has 4 heterocycles. The number of amides is 2. The third-order valence-electron chi connectivity index (χ3n) is 6.84. The van der Waals surface area contributed by atoms with Gasteiger partial charge >= 0.3 is 0 Å². The molecule has 0 unspecified atom stereocenters. The van der Waals surface area contributed by atoms with Crippen LogP contribution in [0, 0.1) is 11.8 Å². The Kier molecular flexibility index (Phi) is 4.30. The maximum atomic E-state index is 13.6. The number of carbonyl (C=O) groups is 2.